The number of benzene rings is 1. The molecule has 6 heteroatoms. The molecule has 0 spiro atoms. The fourth-order valence-corrected chi connectivity index (χ4v) is 1.80. The lowest BCUT2D eigenvalue weighted by molar-refractivity contribution is -0.275. The van der Waals surface area contributed by atoms with Gasteiger partial charge in [0.2, 0.25) is 0 Å². The summed E-state index contributed by atoms with van der Waals surface area (Å²) in [4.78, 5) is 0. The highest BCUT2D eigenvalue weighted by Crippen LogP contribution is 2.34. The normalized spacial score (nSPS) is 11.9. The van der Waals surface area contributed by atoms with Crippen LogP contribution in [-0.2, 0) is 0 Å². The molecule has 0 aliphatic rings. The standard InChI is InChI=1S/C12H15F3O3/c13-12(14,15)18-11-4-2-1-3-10(11)9(5-7-16)6-8-17/h1-4,9,16-17H,5-8H2. The molecule has 0 bridgehead atoms. The molecule has 2 N–H and O–H groups in total. The minimum absolute atomic E-state index is 0.162. The van der Waals surface area contributed by atoms with E-state index < -0.39 is 6.36 Å². The van der Waals surface area contributed by atoms with Gasteiger partial charge in [0.15, 0.2) is 0 Å². The Kier molecular flexibility index (Phi) is 5.43. The van der Waals surface area contributed by atoms with Gasteiger partial charge >= 0.3 is 6.36 Å². The summed E-state index contributed by atoms with van der Waals surface area (Å²) in [5.41, 5.74) is 0.345. The first kappa shape index (κ1) is 14.8. The Labute approximate surface area is 103 Å². The molecule has 0 aliphatic heterocycles. The molecule has 1 aromatic rings. The minimum atomic E-state index is -4.75. The number of aliphatic hydroxyl groups is 2. The molecule has 0 aliphatic carbocycles. The molecule has 0 saturated heterocycles. The van der Waals surface area contributed by atoms with Gasteiger partial charge < -0.3 is 14.9 Å². The Morgan fingerprint density at radius 3 is 2.11 bits per heavy atom. The highest BCUT2D eigenvalue weighted by molar-refractivity contribution is 5.36. The molecule has 3 nitrogen and oxygen atoms in total. The molecule has 1 rings (SSSR count). The van der Waals surface area contributed by atoms with Crippen LogP contribution >= 0.6 is 0 Å². The topological polar surface area (TPSA) is 49.7 Å². The van der Waals surface area contributed by atoms with Crippen LogP contribution in [0.1, 0.15) is 24.3 Å². The fourth-order valence-electron chi connectivity index (χ4n) is 1.80. The van der Waals surface area contributed by atoms with E-state index in [0.717, 1.165) is 0 Å². The molecule has 1 aromatic carbocycles. The number of para-hydroxylation sites is 1. The van der Waals surface area contributed by atoms with E-state index in [0.29, 0.717) is 5.56 Å². The van der Waals surface area contributed by atoms with Crippen molar-refractivity contribution in [2.75, 3.05) is 13.2 Å². The summed E-state index contributed by atoms with van der Waals surface area (Å²) in [7, 11) is 0. The van der Waals surface area contributed by atoms with Crippen LogP contribution in [0.5, 0.6) is 5.75 Å². The van der Waals surface area contributed by atoms with E-state index in [-0.39, 0.29) is 37.7 Å². The van der Waals surface area contributed by atoms with Gasteiger partial charge in [-0.05, 0) is 30.4 Å². The van der Waals surface area contributed by atoms with Gasteiger partial charge in [0.05, 0.1) is 0 Å². The van der Waals surface area contributed by atoms with Gasteiger partial charge in [-0.2, -0.15) is 0 Å². The van der Waals surface area contributed by atoms with Crippen molar-refractivity contribution in [1.82, 2.24) is 0 Å². The molecule has 0 amide bonds. The molecule has 18 heavy (non-hydrogen) atoms. The maximum atomic E-state index is 12.2. The second-order valence-corrected chi connectivity index (χ2v) is 3.81. The predicted octanol–water partition coefficient (Wildman–Crippen LogP) is 2.43. The highest BCUT2D eigenvalue weighted by atomic mass is 19.4. The summed E-state index contributed by atoms with van der Waals surface area (Å²) in [6.07, 6.45) is -4.20. The monoisotopic (exact) mass is 264 g/mol. The fraction of sp³-hybridized carbons (Fsp3) is 0.500. The van der Waals surface area contributed by atoms with Gasteiger partial charge in [-0.25, -0.2) is 0 Å². The lowest BCUT2D eigenvalue weighted by Gasteiger charge is -2.19. The maximum Gasteiger partial charge on any atom is 0.573 e. The number of ether oxygens (including phenoxy) is 1. The molecule has 0 heterocycles. The Balaban J connectivity index is 2.97. The summed E-state index contributed by atoms with van der Waals surface area (Å²) in [6.45, 7) is -0.323. The quantitative estimate of drug-likeness (QED) is 0.829. The van der Waals surface area contributed by atoms with Crippen molar-refractivity contribution in [2.45, 2.75) is 25.1 Å². The first-order valence-corrected chi connectivity index (χ1v) is 5.54. The van der Waals surface area contributed by atoms with Crippen molar-refractivity contribution in [3.63, 3.8) is 0 Å². The lowest BCUT2D eigenvalue weighted by Crippen LogP contribution is -2.19. The van der Waals surface area contributed by atoms with Crippen LogP contribution in [0.2, 0.25) is 0 Å². The Hall–Kier alpha value is -1.27. The van der Waals surface area contributed by atoms with E-state index >= 15 is 0 Å². The zero-order valence-corrected chi connectivity index (χ0v) is 9.65. The molecular formula is C12H15F3O3. The van der Waals surface area contributed by atoms with Gasteiger partial charge in [0, 0.05) is 13.2 Å². The van der Waals surface area contributed by atoms with Crippen LogP contribution in [0.25, 0.3) is 0 Å². The number of halogens is 3. The van der Waals surface area contributed by atoms with Gasteiger partial charge in [-0.15, -0.1) is 13.2 Å². The zero-order valence-electron chi connectivity index (χ0n) is 9.65. The largest absolute Gasteiger partial charge is 0.573 e. The molecule has 0 atom stereocenters. The minimum Gasteiger partial charge on any atom is -0.405 e. The Morgan fingerprint density at radius 1 is 1.06 bits per heavy atom. The van der Waals surface area contributed by atoms with E-state index in [1.807, 2.05) is 0 Å². The molecule has 0 saturated carbocycles. The Morgan fingerprint density at radius 2 is 1.61 bits per heavy atom. The van der Waals surface area contributed by atoms with E-state index in [4.69, 9.17) is 10.2 Å². The first-order valence-electron chi connectivity index (χ1n) is 5.54. The van der Waals surface area contributed by atoms with E-state index in [2.05, 4.69) is 4.74 Å². The average Bonchev–Trinajstić information content (AvgIpc) is 2.27. The zero-order chi connectivity index (χ0) is 13.6. The van der Waals surface area contributed by atoms with Gasteiger partial charge in [0.1, 0.15) is 5.75 Å². The second kappa shape index (κ2) is 6.61. The third-order valence-electron chi connectivity index (χ3n) is 2.54. The molecule has 0 radical (unpaired) electrons. The summed E-state index contributed by atoms with van der Waals surface area (Å²) in [6, 6.07) is 5.78. The average molecular weight is 264 g/mol. The molecule has 0 fully saturated rings. The molecule has 0 unspecified atom stereocenters. The van der Waals surface area contributed by atoms with E-state index in [1.165, 1.54) is 18.2 Å². The lowest BCUT2D eigenvalue weighted by atomic mass is 9.92. The van der Waals surface area contributed by atoms with Crippen molar-refractivity contribution in [3.8, 4) is 5.75 Å². The SMILES string of the molecule is OCCC(CCO)c1ccccc1OC(F)(F)F. The number of rotatable bonds is 6. The second-order valence-electron chi connectivity index (χ2n) is 3.81. The van der Waals surface area contributed by atoms with E-state index in [1.54, 1.807) is 6.07 Å². The number of hydrogen-bond donors (Lipinski definition) is 2. The van der Waals surface area contributed by atoms with Crippen molar-refractivity contribution in [1.29, 1.82) is 0 Å². The number of hydrogen-bond acceptors (Lipinski definition) is 3. The molecule has 102 valence electrons. The maximum absolute atomic E-state index is 12.2. The third kappa shape index (κ3) is 4.54. The predicted molar refractivity (Wildman–Crippen MR) is 59.3 cm³/mol. The van der Waals surface area contributed by atoms with Crippen LogP contribution in [0.15, 0.2) is 24.3 Å². The van der Waals surface area contributed by atoms with Crippen LogP contribution in [0, 0.1) is 0 Å². The van der Waals surface area contributed by atoms with Crippen molar-refractivity contribution in [2.24, 2.45) is 0 Å². The smallest absolute Gasteiger partial charge is 0.405 e. The summed E-state index contributed by atoms with van der Waals surface area (Å²) < 4.78 is 40.6. The number of aliphatic hydroxyl groups excluding tert-OH is 2. The van der Waals surface area contributed by atoms with Crippen LogP contribution in [0.3, 0.4) is 0 Å². The van der Waals surface area contributed by atoms with Gasteiger partial charge in [0.25, 0.3) is 0 Å². The molecular weight excluding hydrogens is 249 g/mol. The van der Waals surface area contributed by atoms with E-state index in [9.17, 15) is 13.2 Å². The summed E-state index contributed by atoms with van der Waals surface area (Å²) in [5, 5.41) is 17.8. The van der Waals surface area contributed by atoms with Crippen LogP contribution < -0.4 is 4.74 Å². The first-order chi connectivity index (χ1) is 8.48. The Bertz CT molecular complexity index is 360. The van der Waals surface area contributed by atoms with Crippen molar-refractivity contribution in [3.05, 3.63) is 29.8 Å². The van der Waals surface area contributed by atoms with Crippen LogP contribution in [0.4, 0.5) is 13.2 Å². The highest BCUT2D eigenvalue weighted by Gasteiger charge is 2.32. The molecule has 0 aromatic heterocycles. The van der Waals surface area contributed by atoms with Crippen molar-refractivity contribution < 1.29 is 28.1 Å². The summed E-state index contributed by atoms with van der Waals surface area (Å²) >= 11 is 0. The van der Waals surface area contributed by atoms with Crippen LogP contribution in [-0.4, -0.2) is 29.8 Å². The van der Waals surface area contributed by atoms with Gasteiger partial charge in [-0.3, -0.25) is 0 Å². The third-order valence-corrected chi connectivity index (χ3v) is 2.54. The van der Waals surface area contributed by atoms with Gasteiger partial charge in [-0.1, -0.05) is 18.2 Å². The summed E-state index contributed by atoms with van der Waals surface area (Å²) in [5.74, 6) is -0.643. The van der Waals surface area contributed by atoms with Crippen molar-refractivity contribution >= 4 is 0 Å². The number of alkyl halides is 3.